The van der Waals surface area contributed by atoms with Gasteiger partial charge < -0.3 is 43.4 Å². The van der Waals surface area contributed by atoms with Crippen LogP contribution in [0.2, 0.25) is 0 Å². The lowest BCUT2D eigenvalue weighted by molar-refractivity contribution is -0.144. The van der Waals surface area contributed by atoms with E-state index in [1.807, 2.05) is 5.32 Å². The van der Waals surface area contributed by atoms with E-state index >= 15 is 0 Å². The van der Waals surface area contributed by atoms with E-state index in [0.29, 0.717) is 25.8 Å². The van der Waals surface area contributed by atoms with Gasteiger partial charge in [0.15, 0.2) is 0 Å². The zero-order chi connectivity index (χ0) is 23.4. The Hall–Kier alpha value is -2.77. The lowest BCUT2D eigenvalue weighted by Crippen LogP contribution is -2.59. The summed E-state index contributed by atoms with van der Waals surface area (Å²) in [7, 11) is 0. The molecule has 5 unspecified atom stereocenters. The van der Waals surface area contributed by atoms with E-state index in [1.165, 1.54) is 13.8 Å². The standard InChI is InChI=1S/C17H32N6O7/c1-8(21-15(27)10(19)5-3-4-6-18)14(26)23-13(9(2)24)16(28)22-11(17(29)30)7-12(20)25/h8-11,13,24H,3-7,18-19H2,1-2H3,(H2,20,25)(H,21,27)(H,22,28)(H,23,26)(H,29,30). The maximum absolute atomic E-state index is 12.3. The maximum Gasteiger partial charge on any atom is 0.326 e. The van der Waals surface area contributed by atoms with E-state index in [-0.39, 0.29) is 0 Å². The minimum atomic E-state index is -1.63. The fourth-order valence-electron chi connectivity index (χ4n) is 2.37. The number of nitrogens with two attached hydrogens (primary N) is 3. The minimum absolute atomic E-state index is 0.381. The van der Waals surface area contributed by atoms with Crippen LogP contribution >= 0.6 is 0 Å². The molecule has 13 heteroatoms. The number of aliphatic hydroxyl groups is 1. The van der Waals surface area contributed by atoms with Crippen LogP contribution in [0.25, 0.3) is 0 Å². The highest BCUT2D eigenvalue weighted by molar-refractivity contribution is 5.94. The molecular formula is C17H32N6O7. The van der Waals surface area contributed by atoms with Gasteiger partial charge in [-0.1, -0.05) is 6.42 Å². The van der Waals surface area contributed by atoms with Crippen LogP contribution in [0.4, 0.5) is 0 Å². The predicted octanol–water partition coefficient (Wildman–Crippen LogP) is -3.74. The molecule has 5 atom stereocenters. The zero-order valence-electron chi connectivity index (χ0n) is 17.1. The van der Waals surface area contributed by atoms with Crippen molar-refractivity contribution < 1.29 is 34.2 Å². The van der Waals surface area contributed by atoms with Crippen molar-refractivity contribution in [2.45, 2.75) is 69.8 Å². The Kier molecular flexibility index (Phi) is 12.2. The third-order valence-corrected chi connectivity index (χ3v) is 4.14. The first-order valence-electron chi connectivity index (χ1n) is 9.46. The number of carbonyl (C=O) groups excluding carboxylic acids is 4. The Morgan fingerprint density at radius 2 is 1.53 bits per heavy atom. The van der Waals surface area contributed by atoms with Crippen molar-refractivity contribution >= 4 is 29.6 Å². The van der Waals surface area contributed by atoms with Gasteiger partial charge in [0, 0.05) is 0 Å². The van der Waals surface area contributed by atoms with E-state index < -0.39 is 66.3 Å². The van der Waals surface area contributed by atoms with E-state index in [4.69, 9.17) is 22.3 Å². The number of carboxylic acid groups (broad SMARTS) is 1. The van der Waals surface area contributed by atoms with Crippen LogP contribution in [0.5, 0.6) is 0 Å². The average molecular weight is 432 g/mol. The molecule has 4 amide bonds. The number of hydrogen-bond acceptors (Lipinski definition) is 8. The number of nitrogens with one attached hydrogen (secondary N) is 3. The second kappa shape index (κ2) is 13.5. The van der Waals surface area contributed by atoms with Gasteiger partial charge in [0.05, 0.1) is 18.6 Å². The molecule has 0 aliphatic carbocycles. The van der Waals surface area contributed by atoms with Gasteiger partial charge in [-0.3, -0.25) is 19.2 Å². The molecule has 0 aromatic carbocycles. The summed E-state index contributed by atoms with van der Waals surface area (Å²) in [6.07, 6.45) is -0.345. The minimum Gasteiger partial charge on any atom is -0.480 e. The fraction of sp³-hybridized carbons (Fsp3) is 0.706. The number of carboxylic acids is 1. The SMILES string of the molecule is CC(NC(=O)C(N)CCCCN)C(=O)NC(C(=O)NC(CC(N)=O)C(=O)O)C(C)O. The first-order chi connectivity index (χ1) is 13.9. The number of unbranched alkanes of at least 4 members (excludes halogenated alkanes) is 1. The number of rotatable bonds is 14. The summed E-state index contributed by atoms with van der Waals surface area (Å²) in [6, 6.07) is -5.10. The first kappa shape index (κ1) is 27.2. The van der Waals surface area contributed by atoms with Gasteiger partial charge in [0.2, 0.25) is 23.6 Å². The Bertz CT molecular complexity index is 628. The Balaban J connectivity index is 4.93. The summed E-state index contributed by atoms with van der Waals surface area (Å²) < 4.78 is 0. The zero-order valence-corrected chi connectivity index (χ0v) is 17.1. The molecule has 0 saturated heterocycles. The van der Waals surface area contributed by atoms with Gasteiger partial charge in [-0.25, -0.2) is 4.79 Å². The molecule has 0 spiro atoms. The Morgan fingerprint density at radius 1 is 0.933 bits per heavy atom. The van der Waals surface area contributed by atoms with Crippen LogP contribution in [0.15, 0.2) is 0 Å². The van der Waals surface area contributed by atoms with Crippen molar-refractivity contribution in [3.8, 4) is 0 Å². The molecule has 0 rings (SSSR count). The monoisotopic (exact) mass is 432 g/mol. The normalized spacial score (nSPS) is 15.8. The average Bonchev–Trinajstić information content (AvgIpc) is 2.64. The van der Waals surface area contributed by atoms with Crippen molar-refractivity contribution in [2.24, 2.45) is 17.2 Å². The molecule has 0 fully saturated rings. The third-order valence-electron chi connectivity index (χ3n) is 4.14. The number of aliphatic carboxylic acids is 1. The molecule has 0 saturated carbocycles. The van der Waals surface area contributed by atoms with E-state index in [9.17, 15) is 29.1 Å². The number of primary amides is 1. The van der Waals surface area contributed by atoms with Crippen molar-refractivity contribution in [1.29, 1.82) is 0 Å². The highest BCUT2D eigenvalue weighted by Crippen LogP contribution is 2.01. The molecule has 0 aromatic heterocycles. The molecule has 0 radical (unpaired) electrons. The van der Waals surface area contributed by atoms with Crippen LogP contribution < -0.4 is 33.2 Å². The lowest BCUT2D eigenvalue weighted by atomic mass is 10.1. The molecule has 30 heavy (non-hydrogen) atoms. The van der Waals surface area contributed by atoms with E-state index in [2.05, 4.69) is 10.6 Å². The van der Waals surface area contributed by atoms with Crippen molar-refractivity contribution in [1.82, 2.24) is 16.0 Å². The predicted molar refractivity (Wildman–Crippen MR) is 105 cm³/mol. The van der Waals surface area contributed by atoms with Crippen LogP contribution in [0.3, 0.4) is 0 Å². The molecule has 0 aliphatic rings. The highest BCUT2D eigenvalue weighted by Gasteiger charge is 2.32. The summed E-state index contributed by atoms with van der Waals surface area (Å²) in [6.45, 7) is 3.02. The second-order valence-electron chi connectivity index (χ2n) is 6.92. The van der Waals surface area contributed by atoms with E-state index in [0.717, 1.165) is 0 Å². The second-order valence-corrected chi connectivity index (χ2v) is 6.92. The maximum atomic E-state index is 12.3. The van der Waals surface area contributed by atoms with Crippen LogP contribution in [-0.2, 0) is 24.0 Å². The molecular weight excluding hydrogens is 400 g/mol. The molecule has 13 nitrogen and oxygen atoms in total. The summed E-state index contributed by atoms with van der Waals surface area (Å²) in [5.41, 5.74) is 16.1. The van der Waals surface area contributed by atoms with Crippen molar-refractivity contribution in [3.63, 3.8) is 0 Å². The Labute approximate surface area is 174 Å². The molecule has 0 aromatic rings. The number of amides is 4. The number of hydrogen-bond donors (Lipinski definition) is 8. The first-order valence-corrected chi connectivity index (χ1v) is 9.46. The van der Waals surface area contributed by atoms with Crippen LogP contribution in [-0.4, -0.2) is 76.6 Å². The number of carbonyl (C=O) groups is 5. The topological polar surface area (TPSA) is 240 Å². The van der Waals surface area contributed by atoms with Crippen LogP contribution in [0, 0.1) is 0 Å². The summed E-state index contributed by atoms with van der Waals surface area (Å²) in [5, 5.41) is 25.5. The van der Waals surface area contributed by atoms with E-state index in [1.54, 1.807) is 0 Å². The summed E-state index contributed by atoms with van der Waals surface area (Å²) in [4.78, 5) is 58.7. The fourth-order valence-corrected chi connectivity index (χ4v) is 2.37. The van der Waals surface area contributed by atoms with Crippen LogP contribution in [0.1, 0.15) is 39.5 Å². The summed E-state index contributed by atoms with van der Waals surface area (Å²) in [5.74, 6) is -4.88. The molecule has 0 aliphatic heterocycles. The molecule has 0 heterocycles. The summed E-state index contributed by atoms with van der Waals surface area (Å²) >= 11 is 0. The number of aliphatic hydroxyl groups excluding tert-OH is 1. The largest absolute Gasteiger partial charge is 0.480 e. The van der Waals surface area contributed by atoms with Crippen molar-refractivity contribution in [3.05, 3.63) is 0 Å². The van der Waals surface area contributed by atoms with Gasteiger partial charge in [-0.15, -0.1) is 0 Å². The highest BCUT2D eigenvalue weighted by atomic mass is 16.4. The van der Waals surface area contributed by atoms with Gasteiger partial charge in [0.1, 0.15) is 18.1 Å². The smallest absolute Gasteiger partial charge is 0.326 e. The van der Waals surface area contributed by atoms with Gasteiger partial charge >= 0.3 is 5.97 Å². The Morgan fingerprint density at radius 3 is 2.00 bits per heavy atom. The molecule has 11 N–H and O–H groups in total. The van der Waals surface area contributed by atoms with Gasteiger partial charge in [-0.05, 0) is 33.2 Å². The lowest BCUT2D eigenvalue weighted by Gasteiger charge is -2.25. The molecule has 0 bridgehead atoms. The molecule has 172 valence electrons. The van der Waals surface area contributed by atoms with Crippen molar-refractivity contribution in [2.75, 3.05) is 6.54 Å². The quantitative estimate of drug-likeness (QED) is 0.126. The van der Waals surface area contributed by atoms with Gasteiger partial charge in [0.25, 0.3) is 0 Å². The van der Waals surface area contributed by atoms with Gasteiger partial charge in [-0.2, -0.15) is 0 Å². The third kappa shape index (κ3) is 10.1.